The van der Waals surface area contributed by atoms with Gasteiger partial charge in [0.25, 0.3) is 0 Å². The van der Waals surface area contributed by atoms with Crippen molar-refractivity contribution in [3.8, 4) is 0 Å². The average Bonchev–Trinajstić information content (AvgIpc) is 2.27. The first kappa shape index (κ1) is 12.1. The van der Waals surface area contributed by atoms with Crippen LogP contribution in [-0.2, 0) is 0 Å². The Balaban J connectivity index is 1.96. The van der Waals surface area contributed by atoms with E-state index >= 15 is 0 Å². The largest absolute Gasteiger partial charge is 0.381 e. The molecule has 1 aliphatic rings. The first-order valence-electron chi connectivity index (χ1n) is 5.41. The highest BCUT2D eigenvalue weighted by molar-refractivity contribution is 9.10. The summed E-state index contributed by atoms with van der Waals surface area (Å²) in [4.78, 5) is 6.46. The zero-order valence-corrected chi connectivity index (χ0v) is 11.6. The standard InChI is InChI=1S/C11H15BrClN3/c1-16-4-2-8(3-5-16)15-9-6-10(12)11(13)14-7-9/h6-8,15H,2-5H2,1H3. The summed E-state index contributed by atoms with van der Waals surface area (Å²) in [6.45, 7) is 2.31. The molecular formula is C11H15BrClN3. The molecule has 0 aromatic carbocycles. The molecule has 0 radical (unpaired) electrons. The van der Waals surface area contributed by atoms with Crippen molar-refractivity contribution in [3.63, 3.8) is 0 Å². The topological polar surface area (TPSA) is 28.2 Å². The molecule has 3 nitrogen and oxygen atoms in total. The minimum Gasteiger partial charge on any atom is -0.381 e. The highest BCUT2D eigenvalue weighted by Crippen LogP contribution is 2.24. The molecule has 0 amide bonds. The summed E-state index contributed by atoms with van der Waals surface area (Å²) in [6.07, 6.45) is 4.14. The molecule has 0 bridgehead atoms. The summed E-state index contributed by atoms with van der Waals surface area (Å²) in [5.41, 5.74) is 1.03. The fraction of sp³-hybridized carbons (Fsp3) is 0.545. The van der Waals surface area contributed by atoms with Crippen molar-refractivity contribution in [2.45, 2.75) is 18.9 Å². The normalized spacial score (nSPS) is 18.7. The maximum absolute atomic E-state index is 5.85. The summed E-state index contributed by atoms with van der Waals surface area (Å²) in [5.74, 6) is 0. The molecule has 0 spiro atoms. The van der Waals surface area contributed by atoms with Crippen molar-refractivity contribution in [2.75, 3.05) is 25.5 Å². The van der Waals surface area contributed by atoms with E-state index in [1.807, 2.05) is 6.07 Å². The van der Waals surface area contributed by atoms with Crippen LogP contribution in [0.1, 0.15) is 12.8 Å². The number of hydrogen-bond donors (Lipinski definition) is 1. The Morgan fingerprint density at radius 2 is 2.19 bits per heavy atom. The molecule has 0 unspecified atom stereocenters. The molecular weight excluding hydrogens is 289 g/mol. The van der Waals surface area contributed by atoms with Crippen molar-refractivity contribution < 1.29 is 0 Å². The first-order chi connectivity index (χ1) is 7.65. The highest BCUT2D eigenvalue weighted by Gasteiger charge is 2.16. The second-order valence-electron chi connectivity index (χ2n) is 4.22. The number of hydrogen-bond acceptors (Lipinski definition) is 3. The summed E-state index contributed by atoms with van der Waals surface area (Å²) in [5, 5.41) is 4.00. The van der Waals surface area contributed by atoms with Gasteiger partial charge in [0, 0.05) is 6.04 Å². The number of nitrogens with zero attached hydrogens (tertiary/aromatic N) is 2. The Labute approximate surface area is 109 Å². The van der Waals surface area contributed by atoms with Crippen LogP contribution < -0.4 is 5.32 Å². The Morgan fingerprint density at radius 3 is 2.81 bits per heavy atom. The number of nitrogens with one attached hydrogen (secondary N) is 1. The van der Waals surface area contributed by atoms with Crippen molar-refractivity contribution >= 4 is 33.2 Å². The van der Waals surface area contributed by atoms with Crippen LogP contribution in [0.5, 0.6) is 0 Å². The number of pyridine rings is 1. The molecule has 1 N–H and O–H groups in total. The van der Waals surface area contributed by atoms with Gasteiger partial charge in [-0.1, -0.05) is 11.6 Å². The summed E-state index contributed by atoms with van der Waals surface area (Å²) in [7, 11) is 2.16. The van der Waals surface area contributed by atoms with E-state index in [1.165, 1.54) is 12.8 Å². The summed E-state index contributed by atoms with van der Waals surface area (Å²) < 4.78 is 0.840. The Bertz CT molecular complexity index is 364. The van der Waals surface area contributed by atoms with E-state index in [4.69, 9.17) is 11.6 Å². The predicted octanol–water partition coefficient (Wildman–Crippen LogP) is 3.00. The van der Waals surface area contributed by atoms with Gasteiger partial charge in [-0.05, 0) is 55.0 Å². The van der Waals surface area contributed by atoms with Gasteiger partial charge < -0.3 is 10.2 Å². The Kier molecular flexibility index (Phi) is 4.05. The number of rotatable bonds is 2. The maximum Gasteiger partial charge on any atom is 0.143 e. The fourth-order valence-corrected chi connectivity index (χ4v) is 2.34. The third kappa shape index (κ3) is 3.09. The molecule has 2 rings (SSSR count). The SMILES string of the molecule is CN1CCC(Nc2cnc(Cl)c(Br)c2)CC1. The van der Waals surface area contributed by atoms with Gasteiger partial charge in [-0.2, -0.15) is 0 Å². The summed E-state index contributed by atoms with van der Waals surface area (Å²) in [6, 6.07) is 2.53. The molecule has 1 aromatic heterocycles. The lowest BCUT2D eigenvalue weighted by molar-refractivity contribution is 0.264. The predicted molar refractivity (Wildman–Crippen MR) is 71.1 cm³/mol. The molecule has 88 valence electrons. The highest BCUT2D eigenvalue weighted by atomic mass is 79.9. The molecule has 1 aromatic rings. The van der Waals surface area contributed by atoms with Crippen LogP contribution >= 0.6 is 27.5 Å². The van der Waals surface area contributed by atoms with Crippen LogP contribution in [0.3, 0.4) is 0 Å². The zero-order chi connectivity index (χ0) is 11.5. The van der Waals surface area contributed by atoms with Gasteiger partial charge >= 0.3 is 0 Å². The van der Waals surface area contributed by atoms with E-state index < -0.39 is 0 Å². The van der Waals surface area contributed by atoms with E-state index in [-0.39, 0.29) is 0 Å². The van der Waals surface area contributed by atoms with Crippen LogP contribution in [0.2, 0.25) is 5.15 Å². The number of piperidine rings is 1. The lowest BCUT2D eigenvalue weighted by Crippen LogP contribution is -2.36. The number of halogens is 2. The molecule has 1 aliphatic heterocycles. The Hall–Kier alpha value is -0.320. The molecule has 16 heavy (non-hydrogen) atoms. The van der Waals surface area contributed by atoms with Crippen molar-refractivity contribution in [2.24, 2.45) is 0 Å². The third-order valence-corrected chi connectivity index (χ3v) is 4.02. The van der Waals surface area contributed by atoms with Gasteiger partial charge in [-0.3, -0.25) is 0 Å². The van der Waals surface area contributed by atoms with Crippen molar-refractivity contribution in [1.29, 1.82) is 0 Å². The van der Waals surface area contributed by atoms with Gasteiger partial charge in [0.15, 0.2) is 0 Å². The van der Waals surface area contributed by atoms with Crippen LogP contribution in [0.15, 0.2) is 16.7 Å². The number of likely N-dealkylation sites (tertiary alicyclic amines) is 1. The lowest BCUT2D eigenvalue weighted by Gasteiger charge is -2.30. The van der Waals surface area contributed by atoms with Crippen LogP contribution in [-0.4, -0.2) is 36.1 Å². The monoisotopic (exact) mass is 303 g/mol. The van der Waals surface area contributed by atoms with Crippen molar-refractivity contribution in [3.05, 3.63) is 21.9 Å². The molecule has 1 fully saturated rings. The molecule has 5 heteroatoms. The molecule has 0 atom stereocenters. The van der Waals surface area contributed by atoms with E-state index in [9.17, 15) is 0 Å². The summed E-state index contributed by atoms with van der Waals surface area (Å²) >= 11 is 9.23. The quantitative estimate of drug-likeness (QED) is 0.851. The van der Waals surface area contributed by atoms with E-state index in [0.29, 0.717) is 11.2 Å². The van der Waals surface area contributed by atoms with Crippen LogP contribution in [0.25, 0.3) is 0 Å². The fourth-order valence-electron chi connectivity index (χ4n) is 1.89. The average molecular weight is 305 g/mol. The van der Waals surface area contributed by atoms with E-state index in [0.717, 1.165) is 23.2 Å². The Morgan fingerprint density at radius 1 is 1.50 bits per heavy atom. The molecule has 0 aliphatic carbocycles. The van der Waals surface area contributed by atoms with Gasteiger partial charge in [-0.25, -0.2) is 4.98 Å². The molecule has 0 saturated carbocycles. The number of anilines is 1. The first-order valence-corrected chi connectivity index (χ1v) is 6.58. The minimum atomic E-state index is 0.508. The van der Waals surface area contributed by atoms with Gasteiger partial charge in [0.05, 0.1) is 16.4 Å². The van der Waals surface area contributed by atoms with Gasteiger partial charge in [0.1, 0.15) is 5.15 Å². The molecule has 1 saturated heterocycles. The second-order valence-corrected chi connectivity index (χ2v) is 5.43. The van der Waals surface area contributed by atoms with Gasteiger partial charge in [-0.15, -0.1) is 0 Å². The van der Waals surface area contributed by atoms with Crippen molar-refractivity contribution in [1.82, 2.24) is 9.88 Å². The molecule has 2 heterocycles. The van der Waals surface area contributed by atoms with Crippen LogP contribution in [0.4, 0.5) is 5.69 Å². The lowest BCUT2D eigenvalue weighted by atomic mass is 10.1. The zero-order valence-electron chi connectivity index (χ0n) is 9.21. The smallest absolute Gasteiger partial charge is 0.143 e. The van der Waals surface area contributed by atoms with E-state index in [1.54, 1.807) is 6.20 Å². The second kappa shape index (κ2) is 5.34. The van der Waals surface area contributed by atoms with Gasteiger partial charge in [0.2, 0.25) is 0 Å². The number of aromatic nitrogens is 1. The van der Waals surface area contributed by atoms with E-state index in [2.05, 4.69) is 38.2 Å². The minimum absolute atomic E-state index is 0.508. The third-order valence-electron chi connectivity index (χ3n) is 2.89. The van der Waals surface area contributed by atoms with Crippen LogP contribution in [0, 0.1) is 0 Å². The maximum atomic E-state index is 5.85.